The normalized spacial score (nSPS) is 25.3. The summed E-state index contributed by atoms with van der Waals surface area (Å²) in [6, 6.07) is -2.91. The molecule has 1 aromatic heterocycles. The standard InChI is InChI=1S/C17H21N7O10S2/c18-3-7-4-23(16(29)33-7)5-9-11(13(26)24(9)36(30,31)32)21-12(25)10(8-6-35-15(19)20-8)22-34-17(1-2-17)14(27)28/h6-7,9,11H,1-5,18H2,(H2,19,20)(H,21,25)(H,27,28)(H,30,31,32)/b22-10-/t7?,9-,11?/m0/s1. The monoisotopic (exact) mass is 547 g/mol. The van der Waals surface area contributed by atoms with Gasteiger partial charge in [0.1, 0.15) is 17.8 Å². The van der Waals surface area contributed by atoms with Crippen molar-refractivity contribution in [2.24, 2.45) is 10.9 Å². The van der Waals surface area contributed by atoms with Crippen molar-refractivity contribution in [2.75, 3.05) is 25.4 Å². The van der Waals surface area contributed by atoms with Crippen LogP contribution in [0.3, 0.4) is 0 Å². The molecule has 3 fully saturated rings. The van der Waals surface area contributed by atoms with Gasteiger partial charge in [0.2, 0.25) is 5.60 Å². The van der Waals surface area contributed by atoms with Crippen LogP contribution in [-0.2, 0) is 34.3 Å². The summed E-state index contributed by atoms with van der Waals surface area (Å²) in [7, 11) is -5.03. The maximum absolute atomic E-state index is 13.1. The lowest BCUT2D eigenvalue weighted by Gasteiger charge is -2.45. The summed E-state index contributed by atoms with van der Waals surface area (Å²) >= 11 is 0.951. The molecule has 19 heteroatoms. The molecule has 3 atom stereocenters. The van der Waals surface area contributed by atoms with E-state index in [9.17, 15) is 37.3 Å². The minimum atomic E-state index is -5.03. The lowest BCUT2D eigenvalue weighted by molar-refractivity contribution is -0.153. The predicted molar refractivity (Wildman–Crippen MR) is 119 cm³/mol. The number of aliphatic carboxylic acids is 1. The number of hydrogen-bond acceptors (Lipinski definition) is 13. The number of rotatable bonds is 10. The Labute approximate surface area is 206 Å². The minimum Gasteiger partial charge on any atom is -0.478 e. The third kappa shape index (κ3) is 4.76. The predicted octanol–water partition coefficient (Wildman–Crippen LogP) is -2.66. The number of β-lactam (4-membered cyclic amide) rings is 1. The number of aromatic nitrogens is 1. The van der Waals surface area contributed by atoms with E-state index in [0.717, 1.165) is 16.2 Å². The number of amides is 3. The van der Waals surface area contributed by atoms with Crippen molar-refractivity contribution in [3.8, 4) is 0 Å². The van der Waals surface area contributed by atoms with Crippen molar-refractivity contribution in [2.45, 2.75) is 36.6 Å². The second kappa shape index (κ2) is 9.15. The van der Waals surface area contributed by atoms with E-state index in [1.807, 2.05) is 0 Å². The van der Waals surface area contributed by atoms with E-state index in [0.29, 0.717) is 0 Å². The molecule has 1 saturated carbocycles. The van der Waals surface area contributed by atoms with Crippen molar-refractivity contribution >= 4 is 56.4 Å². The molecule has 7 N–H and O–H groups in total. The summed E-state index contributed by atoms with van der Waals surface area (Å²) in [6.07, 6.45) is -1.16. The van der Waals surface area contributed by atoms with Gasteiger partial charge in [0.05, 0.1) is 12.6 Å². The Kier molecular flexibility index (Phi) is 6.49. The van der Waals surface area contributed by atoms with Gasteiger partial charge >= 0.3 is 22.4 Å². The molecule has 3 heterocycles. The third-order valence-corrected chi connectivity index (χ3v) is 7.33. The smallest absolute Gasteiger partial charge is 0.410 e. The number of oxime groups is 1. The third-order valence-electron chi connectivity index (χ3n) is 5.71. The number of ether oxygens (including phenoxy) is 1. The lowest BCUT2D eigenvalue weighted by Crippen LogP contribution is -2.74. The molecule has 36 heavy (non-hydrogen) atoms. The van der Waals surface area contributed by atoms with Crippen molar-refractivity contribution in [1.82, 2.24) is 19.5 Å². The molecule has 0 spiro atoms. The first-order valence-corrected chi connectivity index (χ1v) is 12.6. The van der Waals surface area contributed by atoms with Gasteiger partial charge in [-0.2, -0.15) is 8.42 Å². The highest BCUT2D eigenvalue weighted by atomic mass is 32.2. The molecule has 3 amide bonds. The zero-order valence-electron chi connectivity index (χ0n) is 18.3. The van der Waals surface area contributed by atoms with Gasteiger partial charge in [-0.15, -0.1) is 11.3 Å². The highest BCUT2D eigenvalue weighted by Gasteiger charge is 2.56. The first kappa shape index (κ1) is 25.5. The largest absolute Gasteiger partial charge is 0.478 e. The van der Waals surface area contributed by atoms with Crippen LogP contribution in [0.5, 0.6) is 0 Å². The molecule has 3 aliphatic rings. The molecule has 0 aromatic carbocycles. The van der Waals surface area contributed by atoms with E-state index >= 15 is 0 Å². The van der Waals surface area contributed by atoms with Crippen LogP contribution in [0.4, 0.5) is 9.93 Å². The maximum Gasteiger partial charge on any atom is 0.410 e. The van der Waals surface area contributed by atoms with Crippen molar-refractivity contribution in [3.05, 3.63) is 11.1 Å². The van der Waals surface area contributed by atoms with Gasteiger partial charge in [-0.3, -0.25) is 14.1 Å². The Balaban J connectivity index is 1.56. The number of hydrogen-bond donors (Lipinski definition) is 5. The highest BCUT2D eigenvalue weighted by Crippen LogP contribution is 2.40. The summed E-state index contributed by atoms with van der Waals surface area (Å²) < 4.78 is 38.1. The zero-order valence-corrected chi connectivity index (χ0v) is 19.9. The Hall–Kier alpha value is -3.55. The number of carbonyl (C=O) groups is 4. The average Bonchev–Trinajstić information content (AvgIpc) is 3.34. The number of nitrogen functional groups attached to an aromatic ring is 1. The van der Waals surface area contributed by atoms with Crippen molar-refractivity contribution in [3.63, 3.8) is 0 Å². The molecule has 2 unspecified atom stereocenters. The number of carboxylic acids is 1. The number of nitrogens with zero attached hydrogens (tertiary/aromatic N) is 4. The van der Waals surface area contributed by atoms with E-state index in [1.54, 1.807) is 0 Å². The second-order valence-corrected chi connectivity index (χ2v) is 10.4. The van der Waals surface area contributed by atoms with Crippen LogP contribution >= 0.6 is 11.3 Å². The number of cyclic esters (lactones) is 1. The molecule has 0 bridgehead atoms. The first-order valence-electron chi connectivity index (χ1n) is 10.3. The first-order chi connectivity index (χ1) is 16.9. The van der Waals surface area contributed by atoms with Crippen LogP contribution in [0.15, 0.2) is 10.5 Å². The summed E-state index contributed by atoms with van der Waals surface area (Å²) in [6.45, 7) is -0.418. The molecule has 17 nitrogen and oxygen atoms in total. The van der Waals surface area contributed by atoms with Gasteiger partial charge in [-0.25, -0.2) is 18.9 Å². The zero-order chi connectivity index (χ0) is 26.4. The number of nitrogens with two attached hydrogens (primary N) is 2. The van der Waals surface area contributed by atoms with E-state index < -0.39 is 70.2 Å². The maximum atomic E-state index is 13.1. The van der Waals surface area contributed by atoms with Crippen molar-refractivity contribution in [1.29, 1.82) is 0 Å². The summed E-state index contributed by atoms with van der Waals surface area (Å²) in [5.41, 5.74) is 8.89. The molecule has 1 aromatic rings. The Bertz CT molecular complexity index is 1240. The van der Waals surface area contributed by atoms with Gasteiger partial charge in [0, 0.05) is 31.3 Å². The molecule has 1 aliphatic carbocycles. The number of nitrogens with one attached hydrogen (secondary N) is 1. The SMILES string of the molecule is NCC1CN(C[C@H]2C(NC(=O)/C(=N\OC3(C(=O)O)CC3)c3csc(N)n3)C(=O)N2S(=O)(=O)O)C(=O)O1. The van der Waals surface area contributed by atoms with Gasteiger partial charge in [0.25, 0.3) is 11.8 Å². The molecular weight excluding hydrogens is 526 g/mol. The molecule has 196 valence electrons. The van der Waals surface area contributed by atoms with Gasteiger partial charge in [-0.1, -0.05) is 5.16 Å². The molecular formula is C17H21N7O10S2. The van der Waals surface area contributed by atoms with E-state index in [2.05, 4.69) is 15.5 Å². The minimum absolute atomic E-state index is 0.00243. The van der Waals surface area contributed by atoms with Crippen molar-refractivity contribution < 1.29 is 46.8 Å². The fraction of sp³-hybridized carbons (Fsp3) is 0.529. The fourth-order valence-corrected chi connectivity index (χ4v) is 5.03. The topological polar surface area (TPSA) is 257 Å². The number of carbonyl (C=O) groups excluding carboxylic acids is 3. The molecule has 4 rings (SSSR count). The van der Waals surface area contributed by atoms with E-state index in [-0.39, 0.29) is 41.1 Å². The van der Waals surface area contributed by atoms with E-state index in [1.165, 1.54) is 5.38 Å². The quantitative estimate of drug-likeness (QED) is 0.0868. The number of anilines is 1. The summed E-state index contributed by atoms with van der Waals surface area (Å²) in [5, 5.41) is 16.6. The van der Waals surface area contributed by atoms with Gasteiger partial charge in [0.15, 0.2) is 10.8 Å². The average molecular weight is 548 g/mol. The van der Waals surface area contributed by atoms with Crippen LogP contribution < -0.4 is 16.8 Å². The molecule has 2 aliphatic heterocycles. The van der Waals surface area contributed by atoms with Crippen LogP contribution in [0.25, 0.3) is 0 Å². The summed E-state index contributed by atoms with van der Waals surface area (Å²) in [5.74, 6) is -3.53. The van der Waals surface area contributed by atoms with Gasteiger partial charge < -0.3 is 36.4 Å². The Morgan fingerprint density at radius 3 is 2.58 bits per heavy atom. The molecule has 0 radical (unpaired) electrons. The summed E-state index contributed by atoms with van der Waals surface area (Å²) in [4.78, 5) is 59.1. The van der Waals surface area contributed by atoms with Gasteiger partial charge in [-0.05, 0) is 0 Å². The van der Waals surface area contributed by atoms with Crippen LogP contribution in [-0.4, -0.2) is 105 Å². The fourth-order valence-electron chi connectivity index (χ4n) is 3.61. The lowest BCUT2D eigenvalue weighted by atomic mass is 9.97. The number of thiazole rings is 1. The second-order valence-electron chi connectivity index (χ2n) is 8.18. The van der Waals surface area contributed by atoms with Crippen LogP contribution in [0, 0.1) is 0 Å². The number of carboxylic acid groups (broad SMARTS) is 1. The van der Waals surface area contributed by atoms with Crippen LogP contribution in [0.1, 0.15) is 18.5 Å². The Morgan fingerprint density at radius 1 is 1.39 bits per heavy atom. The van der Waals surface area contributed by atoms with Crippen LogP contribution in [0.2, 0.25) is 0 Å². The Morgan fingerprint density at radius 2 is 2.08 bits per heavy atom. The van der Waals surface area contributed by atoms with E-state index in [4.69, 9.17) is 21.0 Å². The molecule has 2 saturated heterocycles. The highest BCUT2D eigenvalue weighted by molar-refractivity contribution is 7.84.